The molecule has 0 aliphatic heterocycles. The Morgan fingerprint density at radius 1 is 0.375 bits per heavy atom. The maximum Gasteiger partial charge on any atom is 0.101 e. The first-order chi connectivity index (χ1) is 23.7. The number of nitrogens with zero attached hydrogens (tertiary/aromatic N) is 4. The third kappa shape index (κ3) is 4.07. The van der Waals surface area contributed by atoms with Gasteiger partial charge in [-0.15, -0.1) is 0 Å². The zero-order chi connectivity index (χ0) is 32.2. The minimum absolute atomic E-state index is 0.628. The fourth-order valence-electron chi connectivity index (χ4n) is 7.29. The van der Waals surface area contributed by atoms with Crippen molar-refractivity contribution in [3.8, 4) is 45.8 Å². The van der Waals surface area contributed by atoms with E-state index in [1.54, 1.807) is 0 Å². The molecule has 4 nitrogen and oxygen atoms in total. The summed E-state index contributed by atoms with van der Waals surface area (Å²) in [6, 6.07) is 58.9. The molecule has 0 fully saturated rings. The van der Waals surface area contributed by atoms with Crippen LogP contribution in [0.2, 0.25) is 0 Å². The lowest BCUT2D eigenvalue weighted by Crippen LogP contribution is -2.00. The van der Waals surface area contributed by atoms with Crippen LogP contribution in [0.4, 0.5) is 0 Å². The lowest BCUT2D eigenvalue weighted by atomic mass is 9.97. The molecule has 0 aliphatic carbocycles. The molecule has 7 aromatic carbocycles. The van der Waals surface area contributed by atoms with Crippen molar-refractivity contribution in [1.82, 2.24) is 9.13 Å². The van der Waals surface area contributed by atoms with Crippen molar-refractivity contribution in [2.75, 3.05) is 0 Å². The van der Waals surface area contributed by atoms with E-state index in [0.29, 0.717) is 11.1 Å². The molecule has 222 valence electrons. The molecule has 9 aromatic rings. The van der Waals surface area contributed by atoms with Gasteiger partial charge in [0.15, 0.2) is 0 Å². The van der Waals surface area contributed by atoms with Gasteiger partial charge in [0, 0.05) is 32.8 Å². The van der Waals surface area contributed by atoms with Gasteiger partial charge >= 0.3 is 0 Å². The molecule has 2 heterocycles. The molecule has 4 heteroatoms. The van der Waals surface area contributed by atoms with Gasteiger partial charge in [0.2, 0.25) is 0 Å². The molecule has 0 unspecified atom stereocenters. The molecule has 0 saturated carbocycles. The van der Waals surface area contributed by atoms with Crippen LogP contribution < -0.4 is 0 Å². The first-order valence-corrected chi connectivity index (χ1v) is 15.9. The summed E-state index contributed by atoms with van der Waals surface area (Å²) in [6.07, 6.45) is 0. The summed E-state index contributed by atoms with van der Waals surface area (Å²) in [6.45, 7) is 0. The molecule has 0 saturated heterocycles. The second-order valence-electron chi connectivity index (χ2n) is 12.0. The van der Waals surface area contributed by atoms with Crippen LogP contribution in [0.1, 0.15) is 11.1 Å². The number of para-hydroxylation sites is 5. The van der Waals surface area contributed by atoms with Crippen molar-refractivity contribution >= 4 is 43.6 Å². The normalized spacial score (nSPS) is 11.3. The highest BCUT2D eigenvalue weighted by atomic mass is 15.0. The number of rotatable bonds is 4. The molecule has 0 amide bonds. The van der Waals surface area contributed by atoms with E-state index in [-0.39, 0.29) is 0 Å². The lowest BCUT2D eigenvalue weighted by Gasteiger charge is -2.16. The van der Waals surface area contributed by atoms with Crippen molar-refractivity contribution in [3.05, 3.63) is 169 Å². The number of fused-ring (bicyclic) bond motifs is 6. The first kappa shape index (κ1) is 27.4. The molecular formula is C44H26N4. The van der Waals surface area contributed by atoms with Crippen molar-refractivity contribution in [1.29, 1.82) is 10.5 Å². The second-order valence-corrected chi connectivity index (χ2v) is 12.0. The van der Waals surface area contributed by atoms with Crippen LogP contribution in [0, 0.1) is 22.7 Å². The Morgan fingerprint density at radius 2 is 0.833 bits per heavy atom. The minimum Gasteiger partial charge on any atom is -0.308 e. The molecule has 48 heavy (non-hydrogen) atoms. The van der Waals surface area contributed by atoms with E-state index in [1.807, 2.05) is 36.4 Å². The average Bonchev–Trinajstić information content (AvgIpc) is 3.68. The smallest absolute Gasteiger partial charge is 0.101 e. The predicted octanol–water partition coefficient (Wildman–Crippen LogP) is 11.0. The van der Waals surface area contributed by atoms with Gasteiger partial charge in [-0.05, 0) is 59.2 Å². The van der Waals surface area contributed by atoms with E-state index in [1.165, 1.54) is 0 Å². The quantitative estimate of drug-likeness (QED) is 0.199. The van der Waals surface area contributed by atoms with Crippen molar-refractivity contribution in [2.24, 2.45) is 0 Å². The number of hydrogen-bond donors (Lipinski definition) is 0. The molecular weight excluding hydrogens is 585 g/mol. The topological polar surface area (TPSA) is 57.4 Å². The number of aromatic nitrogens is 2. The second kappa shape index (κ2) is 10.9. The third-order valence-corrected chi connectivity index (χ3v) is 9.43. The van der Waals surface area contributed by atoms with E-state index in [4.69, 9.17) is 0 Å². The standard InChI is InChI=1S/C44H26N4/c45-27-32-9-7-14-35(43(32)48-41-17-5-1-11-36(41)37-12-2-6-18-42(37)48)31-21-19-29(20-22-31)30-23-25-34(26-24-30)47-40-16-4-3-13-38(40)39-15-8-10-33(28-46)44(39)47/h1-26H. The number of hydrogen-bond acceptors (Lipinski definition) is 2. The fraction of sp³-hybridized carbons (Fsp3) is 0. The first-order valence-electron chi connectivity index (χ1n) is 15.9. The van der Waals surface area contributed by atoms with Crippen LogP contribution in [0.3, 0.4) is 0 Å². The molecule has 2 aromatic heterocycles. The Kier molecular flexibility index (Phi) is 6.22. The largest absolute Gasteiger partial charge is 0.308 e. The predicted molar refractivity (Wildman–Crippen MR) is 195 cm³/mol. The average molecular weight is 611 g/mol. The summed E-state index contributed by atoms with van der Waals surface area (Å²) in [7, 11) is 0. The van der Waals surface area contributed by atoms with Gasteiger partial charge < -0.3 is 9.13 Å². The van der Waals surface area contributed by atoms with E-state index in [9.17, 15) is 10.5 Å². The van der Waals surface area contributed by atoms with Gasteiger partial charge in [-0.1, -0.05) is 115 Å². The van der Waals surface area contributed by atoms with Crippen LogP contribution >= 0.6 is 0 Å². The molecule has 0 spiro atoms. The maximum atomic E-state index is 10.3. The lowest BCUT2D eigenvalue weighted by molar-refractivity contribution is 1.17. The highest BCUT2D eigenvalue weighted by Crippen LogP contribution is 2.39. The van der Waals surface area contributed by atoms with E-state index in [0.717, 1.165) is 77.2 Å². The van der Waals surface area contributed by atoms with E-state index >= 15 is 0 Å². The highest BCUT2D eigenvalue weighted by Gasteiger charge is 2.19. The van der Waals surface area contributed by atoms with Crippen molar-refractivity contribution in [2.45, 2.75) is 0 Å². The minimum atomic E-state index is 0.628. The zero-order valence-electron chi connectivity index (χ0n) is 25.8. The zero-order valence-corrected chi connectivity index (χ0v) is 25.8. The van der Waals surface area contributed by atoms with Crippen LogP contribution in [0.25, 0.3) is 77.2 Å². The van der Waals surface area contributed by atoms with Crippen LogP contribution in [-0.2, 0) is 0 Å². The van der Waals surface area contributed by atoms with Gasteiger partial charge in [0.1, 0.15) is 12.1 Å². The molecule has 0 N–H and O–H groups in total. The molecule has 0 aliphatic rings. The maximum absolute atomic E-state index is 10.3. The van der Waals surface area contributed by atoms with Crippen LogP contribution in [-0.4, -0.2) is 9.13 Å². The highest BCUT2D eigenvalue weighted by molar-refractivity contribution is 6.11. The monoisotopic (exact) mass is 610 g/mol. The molecule has 0 bridgehead atoms. The summed E-state index contributed by atoms with van der Waals surface area (Å²) < 4.78 is 4.42. The SMILES string of the molecule is N#Cc1cccc(-c2ccc(-c3ccc(-n4c5ccccc5c5cccc(C#N)c54)cc3)cc2)c1-n1c2ccccc2c2ccccc21. The Morgan fingerprint density at radius 3 is 1.44 bits per heavy atom. The number of nitriles is 2. The Labute approximate surface area is 277 Å². The molecule has 9 rings (SSSR count). The summed E-state index contributed by atoms with van der Waals surface area (Å²) in [5.41, 5.74) is 11.6. The van der Waals surface area contributed by atoms with Gasteiger partial charge in [0.05, 0.1) is 38.9 Å². The Bertz CT molecular complexity index is 2730. The summed E-state index contributed by atoms with van der Waals surface area (Å²) in [5, 5.41) is 24.8. The summed E-state index contributed by atoms with van der Waals surface area (Å²) >= 11 is 0. The number of benzene rings is 7. The van der Waals surface area contributed by atoms with Crippen molar-refractivity contribution in [3.63, 3.8) is 0 Å². The Balaban J connectivity index is 1.14. The molecule has 0 atom stereocenters. The fourth-order valence-corrected chi connectivity index (χ4v) is 7.29. The third-order valence-electron chi connectivity index (χ3n) is 9.43. The van der Waals surface area contributed by atoms with Crippen molar-refractivity contribution < 1.29 is 0 Å². The van der Waals surface area contributed by atoms with Crippen LogP contribution in [0.5, 0.6) is 0 Å². The molecule has 0 radical (unpaired) electrons. The summed E-state index contributed by atoms with van der Waals surface area (Å²) in [4.78, 5) is 0. The van der Waals surface area contributed by atoms with Gasteiger partial charge in [-0.3, -0.25) is 0 Å². The van der Waals surface area contributed by atoms with E-state index < -0.39 is 0 Å². The summed E-state index contributed by atoms with van der Waals surface area (Å²) in [5.74, 6) is 0. The Hall–Kier alpha value is -6.88. The van der Waals surface area contributed by atoms with Crippen LogP contribution in [0.15, 0.2) is 158 Å². The van der Waals surface area contributed by atoms with Gasteiger partial charge in [-0.25, -0.2) is 0 Å². The van der Waals surface area contributed by atoms with Gasteiger partial charge in [0.25, 0.3) is 0 Å². The van der Waals surface area contributed by atoms with Gasteiger partial charge in [-0.2, -0.15) is 10.5 Å². The van der Waals surface area contributed by atoms with E-state index in [2.05, 4.69) is 143 Å².